The van der Waals surface area contributed by atoms with Crippen LogP contribution in [0.1, 0.15) is 11.3 Å². The maximum atomic E-state index is 12.8. The number of halogens is 3. The largest absolute Gasteiger partial charge is 0.467 e. The van der Waals surface area contributed by atoms with Gasteiger partial charge in [-0.1, -0.05) is 6.07 Å². The number of ether oxygens (including phenoxy) is 2. The fourth-order valence-corrected chi connectivity index (χ4v) is 2.15. The maximum Gasteiger partial charge on any atom is 0.433 e. The Morgan fingerprint density at radius 2 is 2.27 bits per heavy atom. The van der Waals surface area contributed by atoms with Crippen LogP contribution in [-0.2, 0) is 27.1 Å². The molecule has 0 saturated carbocycles. The lowest BCUT2D eigenvalue weighted by Crippen LogP contribution is -2.47. The molecule has 1 aliphatic heterocycles. The van der Waals surface area contributed by atoms with Gasteiger partial charge in [0.1, 0.15) is 11.5 Å². The molecule has 2 heterocycles. The minimum atomic E-state index is -4.59. The van der Waals surface area contributed by atoms with E-state index in [4.69, 9.17) is 4.74 Å². The molecule has 122 valence electrons. The smallest absolute Gasteiger partial charge is 0.433 e. The lowest BCUT2D eigenvalue weighted by Gasteiger charge is -2.33. The molecule has 0 spiro atoms. The van der Waals surface area contributed by atoms with Gasteiger partial charge in [-0.3, -0.25) is 0 Å². The molecule has 0 bridgehead atoms. The van der Waals surface area contributed by atoms with E-state index in [-0.39, 0.29) is 31.1 Å². The van der Waals surface area contributed by atoms with Gasteiger partial charge in [0, 0.05) is 12.1 Å². The number of esters is 1. The first-order valence-electron chi connectivity index (χ1n) is 6.49. The third-order valence-electron chi connectivity index (χ3n) is 3.25. The quantitative estimate of drug-likeness (QED) is 0.837. The first-order chi connectivity index (χ1) is 10.4. The summed E-state index contributed by atoms with van der Waals surface area (Å²) in [5, 5.41) is 9.29. The number of methoxy groups -OCH3 is 1. The standard InChI is InChI=1S/C13H15F3N2O4/c1-21-12(20)9-6-18(4-5-22-9)11-8(7-19)2-3-10(17-11)13(14,15)16/h2-3,9,19H,4-7H2,1H3/t9-/m0/s1. The van der Waals surface area contributed by atoms with Crippen molar-refractivity contribution in [3.05, 3.63) is 23.4 Å². The summed E-state index contributed by atoms with van der Waals surface area (Å²) in [6, 6.07) is 1.99. The Morgan fingerprint density at radius 1 is 1.55 bits per heavy atom. The highest BCUT2D eigenvalue weighted by Crippen LogP contribution is 2.31. The summed E-state index contributed by atoms with van der Waals surface area (Å²) < 4.78 is 48.2. The van der Waals surface area contributed by atoms with Gasteiger partial charge in [-0.2, -0.15) is 13.2 Å². The van der Waals surface area contributed by atoms with Gasteiger partial charge < -0.3 is 19.5 Å². The number of alkyl halides is 3. The van der Waals surface area contributed by atoms with Crippen LogP contribution in [0.5, 0.6) is 0 Å². The molecule has 0 radical (unpaired) electrons. The van der Waals surface area contributed by atoms with Gasteiger partial charge in [0.05, 0.1) is 26.9 Å². The topological polar surface area (TPSA) is 71.9 Å². The van der Waals surface area contributed by atoms with Crippen molar-refractivity contribution in [2.45, 2.75) is 18.9 Å². The van der Waals surface area contributed by atoms with E-state index in [0.29, 0.717) is 0 Å². The van der Waals surface area contributed by atoms with Crippen molar-refractivity contribution in [2.75, 3.05) is 31.7 Å². The van der Waals surface area contributed by atoms with Crippen LogP contribution in [0.25, 0.3) is 0 Å². The molecular formula is C13H15F3N2O4. The van der Waals surface area contributed by atoms with Crippen molar-refractivity contribution in [2.24, 2.45) is 0 Å². The first kappa shape index (κ1) is 16.5. The summed E-state index contributed by atoms with van der Waals surface area (Å²) in [7, 11) is 1.20. The molecule has 6 nitrogen and oxygen atoms in total. The molecule has 22 heavy (non-hydrogen) atoms. The van der Waals surface area contributed by atoms with E-state index >= 15 is 0 Å². The number of carbonyl (C=O) groups excluding carboxylic acids is 1. The molecule has 9 heteroatoms. The minimum absolute atomic E-state index is 0.00507. The zero-order valence-corrected chi connectivity index (χ0v) is 11.8. The second-order valence-corrected chi connectivity index (χ2v) is 4.66. The van der Waals surface area contributed by atoms with Crippen molar-refractivity contribution in [1.29, 1.82) is 0 Å². The summed E-state index contributed by atoms with van der Waals surface area (Å²) in [5.41, 5.74) is -0.806. The number of nitrogens with zero attached hydrogens (tertiary/aromatic N) is 2. The summed E-state index contributed by atoms with van der Waals surface area (Å²) in [4.78, 5) is 16.6. The van der Waals surface area contributed by atoms with Crippen LogP contribution >= 0.6 is 0 Å². The number of pyridine rings is 1. The highest BCUT2D eigenvalue weighted by molar-refractivity contribution is 5.75. The van der Waals surface area contributed by atoms with E-state index in [2.05, 4.69) is 9.72 Å². The third-order valence-corrected chi connectivity index (χ3v) is 3.25. The zero-order chi connectivity index (χ0) is 16.3. The molecule has 0 aromatic carbocycles. The number of aliphatic hydroxyl groups excluding tert-OH is 1. The molecule has 2 rings (SSSR count). The molecule has 1 N–H and O–H groups in total. The Balaban J connectivity index is 2.31. The summed E-state index contributed by atoms with van der Waals surface area (Å²) >= 11 is 0. The van der Waals surface area contributed by atoms with Crippen LogP contribution in [0.4, 0.5) is 19.0 Å². The SMILES string of the molecule is COC(=O)[C@@H]1CN(c2nc(C(F)(F)F)ccc2CO)CCO1. The monoisotopic (exact) mass is 320 g/mol. The molecule has 1 atom stereocenters. The van der Waals surface area contributed by atoms with Gasteiger partial charge in [-0.15, -0.1) is 0 Å². The minimum Gasteiger partial charge on any atom is -0.467 e. The Kier molecular flexibility index (Phi) is 4.87. The van der Waals surface area contributed by atoms with Crippen molar-refractivity contribution >= 4 is 11.8 Å². The number of carbonyl (C=O) groups is 1. The number of hydrogen-bond donors (Lipinski definition) is 1. The van der Waals surface area contributed by atoms with E-state index in [1.165, 1.54) is 18.1 Å². The first-order valence-corrected chi connectivity index (χ1v) is 6.49. The lowest BCUT2D eigenvalue weighted by molar-refractivity contribution is -0.154. The van der Waals surface area contributed by atoms with E-state index in [0.717, 1.165) is 6.07 Å². The molecule has 0 aliphatic carbocycles. The van der Waals surface area contributed by atoms with Crippen LogP contribution in [0.2, 0.25) is 0 Å². The van der Waals surface area contributed by atoms with Crippen molar-refractivity contribution in [3.63, 3.8) is 0 Å². The molecule has 0 unspecified atom stereocenters. The summed E-state index contributed by atoms with van der Waals surface area (Å²) in [5.74, 6) is -0.614. The van der Waals surface area contributed by atoms with Crippen molar-refractivity contribution in [3.8, 4) is 0 Å². The highest BCUT2D eigenvalue weighted by atomic mass is 19.4. The van der Waals surface area contributed by atoms with E-state index in [1.807, 2.05) is 0 Å². The van der Waals surface area contributed by atoms with Crippen LogP contribution in [0.15, 0.2) is 12.1 Å². The number of aromatic nitrogens is 1. The Bertz CT molecular complexity index is 551. The predicted octanol–water partition coefficient (Wildman–Crippen LogP) is 0.971. The number of hydrogen-bond acceptors (Lipinski definition) is 6. The van der Waals surface area contributed by atoms with Gasteiger partial charge in [0.15, 0.2) is 6.10 Å². The molecular weight excluding hydrogens is 305 g/mol. The third kappa shape index (κ3) is 3.47. The Morgan fingerprint density at radius 3 is 2.86 bits per heavy atom. The van der Waals surface area contributed by atoms with Crippen LogP contribution in [-0.4, -0.2) is 49.0 Å². The highest BCUT2D eigenvalue weighted by Gasteiger charge is 2.35. The number of aliphatic hydroxyl groups is 1. The molecule has 0 amide bonds. The van der Waals surface area contributed by atoms with Crippen molar-refractivity contribution in [1.82, 2.24) is 4.98 Å². The Labute approximate surface area is 124 Å². The average Bonchev–Trinajstić information content (AvgIpc) is 2.52. The zero-order valence-electron chi connectivity index (χ0n) is 11.8. The van der Waals surface area contributed by atoms with Gasteiger partial charge in [0.25, 0.3) is 0 Å². The molecule has 1 saturated heterocycles. The van der Waals surface area contributed by atoms with Crippen LogP contribution < -0.4 is 4.90 Å². The normalized spacial score (nSPS) is 19.1. The molecule has 1 fully saturated rings. The molecule has 1 aliphatic rings. The number of anilines is 1. The van der Waals surface area contributed by atoms with Crippen LogP contribution in [0.3, 0.4) is 0 Å². The average molecular weight is 320 g/mol. The molecule has 1 aromatic rings. The fourth-order valence-electron chi connectivity index (χ4n) is 2.15. The van der Waals surface area contributed by atoms with Crippen molar-refractivity contribution < 1.29 is 32.5 Å². The summed E-state index contributed by atoms with van der Waals surface area (Å²) in [6.07, 6.45) is -5.49. The number of morpholine rings is 1. The molecule has 1 aromatic heterocycles. The maximum absolute atomic E-state index is 12.8. The number of rotatable bonds is 3. The summed E-state index contributed by atoms with van der Waals surface area (Å²) in [6.45, 7) is -0.0495. The van der Waals surface area contributed by atoms with E-state index in [1.54, 1.807) is 0 Å². The van der Waals surface area contributed by atoms with Gasteiger partial charge in [-0.05, 0) is 6.07 Å². The van der Waals surface area contributed by atoms with Gasteiger partial charge >= 0.3 is 12.1 Å². The second kappa shape index (κ2) is 6.49. The van der Waals surface area contributed by atoms with Gasteiger partial charge in [-0.25, -0.2) is 9.78 Å². The second-order valence-electron chi connectivity index (χ2n) is 4.66. The van der Waals surface area contributed by atoms with Crippen LogP contribution in [0, 0.1) is 0 Å². The Hall–Kier alpha value is -1.87. The van der Waals surface area contributed by atoms with E-state index in [9.17, 15) is 23.1 Å². The predicted molar refractivity (Wildman–Crippen MR) is 69.1 cm³/mol. The van der Waals surface area contributed by atoms with E-state index < -0.39 is 30.6 Å². The lowest BCUT2D eigenvalue weighted by atomic mass is 10.2. The van der Waals surface area contributed by atoms with Gasteiger partial charge in [0.2, 0.25) is 0 Å². The fraction of sp³-hybridized carbons (Fsp3) is 0.538.